The summed E-state index contributed by atoms with van der Waals surface area (Å²) in [5, 5.41) is 19.8. The third-order valence-corrected chi connectivity index (χ3v) is 2.24. The third-order valence-electron chi connectivity index (χ3n) is 2.24. The second kappa shape index (κ2) is 7.49. The molecule has 0 radical (unpaired) electrons. The van der Waals surface area contributed by atoms with E-state index in [0.717, 1.165) is 0 Å². The van der Waals surface area contributed by atoms with Crippen molar-refractivity contribution in [2.75, 3.05) is 20.1 Å². The Labute approximate surface area is 101 Å². The largest absolute Gasteiger partial charge is 0.481 e. The Morgan fingerprint density at radius 1 is 1.47 bits per heavy atom. The number of amides is 2. The summed E-state index contributed by atoms with van der Waals surface area (Å²) in [7, 11) is 1.60. The second-order valence-corrected chi connectivity index (χ2v) is 4.30. The molecule has 6 heteroatoms. The number of nitriles is 1. The van der Waals surface area contributed by atoms with Crippen LogP contribution in [0.5, 0.6) is 0 Å². The van der Waals surface area contributed by atoms with Crippen molar-refractivity contribution >= 4 is 12.0 Å². The van der Waals surface area contributed by atoms with Gasteiger partial charge in [-0.1, -0.05) is 6.92 Å². The molecule has 0 spiro atoms. The van der Waals surface area contributed by atoms with Gasteiger partial charge in [0.25, 0.3) is 0 Å². The average molecular weight is 241 g/mol. The predicted molar refractivity (Wildman–Crippen MR) is 62.2 cm³/mol. The van der Waals surface area contributed by atoms with Crippen LogP contribution in [0.15, 0.2) is 0 Å². The lowest BCUT2D eigenvalue weighted by Gasteiger charge is -2.20. The molecule has 0 aromatic rings. The van der Waals surface area contributed by atoms with Gasteiger partial charge in [-0.2, -0.15) is 5.26 Å². The molecule has 0 saturated heterocycles. The Morgan fingerprint density at radius 2 is 2.06 bits per heavy atom. The molecule has 2 unspecified atom stereocenters. The summed E-state index contributed by atoms with van der Waals surface area (Å²) < 4.78 is 0. The number of hydrogen-bond acceptors (Lipinski definition) is 3. The normalized spacial score (nSPS) is 13.3. The second-order valence-electron chi connectivity index (χ2n) is 4.30. The van der Waals surface area contributed by atoms with Gasteiger partial charge in [-0.05, 0) is 12.8 Å². The zero-order valence-electron chi connectivity index (χ0n) is 10.4. The molecule has 0 heterocycles. The number of carbonyl (C=O) groups excluding carboxylic acids is 1. The number of carboxylic acids is 1. The summed E-state index contributed by atoms with van der Waals surface area (Å²) in [6.45, 7) is 4.16. The molecular formula is C11H19N3O3. The van der Waals surface area contributed by atoms with Crippen LogP contribution in [0.1, 0.15) is 20.3 Å². The molecule has 0 aliphatic rings. The number of rotatable bonds is 6. The van der Waals surface area contributed by atoms with Crippen LogP contribution in [0.2, 0.25) is 0 Å². The molecule has 96 valence electrons. The van der Waals surface area contributed by atoms with Crippen molar-refractivity contribution in [1.82, 2.24) is 10.2 Å². The molecule has 0 aliphatic heterocycles. The lowest BCUT2D eigenvalue weighted by molar-refractivity contribution is -0.137. The van der Waals surface area contributed by atoms with Gasteiger partial charge in [0.1, 0.15) is 0 Å². The number of nitrogens with one attached hydrogen (secondary N) is 1. The van der Waals surface area contributed by atoms with Crippen LogP contribution in [0.3, 0.4) is 0 Å². The zero-order valence-corrected chi connectivity index (χ0v) is 10.4. The Morgan fingerprint density at radius 3 is 2.53 bits per heavy atom. The first-order valence-corrected chi connectivity index (χ1v) is 5.47. The number of urea groups is 1. The van der Waals surface area contributed by atoms with Crippen molar-refractivity contribution in [2.24, 2.45) is 11.8 Å². The molecule has 0 fully saturated rings. The van der Waals surface area contributed by atoms with Crippen molar-refractivity contribution in [2.45, 2.75) is 20.3 Å². The summed E-state index contributed by atoms with van der Waals surface area (Å²) in [4.78, 5) is 23.4. The van der Waals surface area contributed by atoms with Gasteiger partial charge in [0.2, 0.25) is 0 Å². The maximum Gasteiger partial charge on any atom is 0.317 e. The monoisotopic (exact) mass is 241 g/mol. The van der Waals surface area contributed by atoms with Crippen molar-refractivity contribution in [3.63, 3.8) is 0 Å². The van der Waals surface area contributed by atoms with E-state index in [2.05, 4.69) is 5.32 Å². The fourth-order valence-electron chi connectivity index (χ4n) is 1.30. The van der Waals surface area contributed by atoms with Gasteiger partial charge in [-0.15, -0.1) is 0 Å². The fourth-order valence-corrected chi connectivity index (χ4v) is 1.30. The van der Waals surface area contributed by atoms with Crippen molar-refractivity contribution < 1.29 is 14.7 Å². The molecule has 2 atom stereocenters. The summed E-state index contributed by atoms with van der Waals surface area (Å²) in [5.41, 5.74) is 0. The van der Waals surface area contributed by atoms with Crippen molar-refractivity contribution in [3.8, 4) is 6.07 Å². The van der Waals surface area contributed by atoms with Crippen LogP contribution in [0.4, 0.5) is 4.79 Å². The van der Waals surface area contributed by atoms with Gasteiger partial charge < -0.3 is 15.3 Å². The highest BCUT2D eigenvalue weighted by Crippen LogP contribution is 2.01. The molecule has 6 nitrogen and oxygen atoms in total. The SMILES string of the molecule is CC(C#N)CN(C)C(=O)NCC(C)CC(=O)O. The van der Waals surface area contributed by atoms with E-state index in [-0.39, 0.29) is 24.3 Å². The zero-order chi connectivity index (χ0) is 13.4. The predicted octanol–water partition coefficient (Wildman–Crippen LogP) is 0.898. The molecule has 17 heavy (non-hydrogen) atoms. The van der Waals surface area contributed by atoms with Gasteiger partial charge in [0, 0.05) is 26.6 Å². The van der Waals surface area contributed by atoms with Crippen LogP contribution in [-0.4, -0.2) is 42.1 Å². The fraction of sp³-hybridized carbons (Fsp3) is 0.727. The molecule has 0 rings (SSSR count). The van der Waals surface area contributed by atoms with Crippen LogP contribution in [0, 0.1) is 23.2 Å². The Bertz CT molecular complexity index is 312. The maximum atomic E-state index is 11.5. The number of carboxylic acid groups (broad SMARTS) is 1. The number of aliphatic carboxylic acids is 1. The molecule has 0 aliphatic carbocycles. The molecule has 0 aromatic carbocycles. The highest BCUT2D eigenvalue weighted by Gasteiger charge is 2.13. The van der Waals surface area contributed by atoms with Gasteiger partial charge >= 0.3 is 12.0 Å². The average Bonchev–Trinajstić information content (AvgIpc) is 2.24. The van der Waals surface area contributed by atoms with E-state index < -0.39 is 5.97 Å². The molecule has 0 saturated carbocycles. The van der Waals surface area contributed by atoms with E-state index >= 15 is 0 Å². The standard InChI is InChI=1S/C11H19N3O3/c1-8(4-10(15)16)6-13-11(17)14(3)7-9(2)5-12/h8-9H,4,6-7H2,1-3H3,(H,13,17)(H,15,16). The van der Waals surface area contributed by atoms with Crippen LogP contribution in [-0.2, 0) is 4.79 Å². The van der Waals surface area contributed by atoms with Crippen molar-refractivity contribution in [3.05, 3.63) is 0 Å². The van der Waals surface area contributed by atoms with E-state index in [1.807, 2.05) is 6.07 Å². The lowest BCUT2D eigenvalue weighted by atomic mass is 10.1. The van der Waals surface area contributed by atoms with Crippen molar-refractivity contribution in [1.29, 1.82) is 5.26 Å². The van der Waals surface area contributed by atoms with Gasteiger partial charge in [0.05, 0.1) is 12.0 Å². The number of carbonyl (C=O) groups is 2. The molecular weight excluding hydrogens is 222 g/mol. The van der Waals surface area contributed by atoms with E-state index in [4.69, 9.17) is 10.4 Å². The van der Waals surface area contributed by atoms with Crippen LogP contribution < -0.4 is 5.32 Å². The molecule has 0 bridgehead atoms. The smallest absolute Gasteiger partial charge is 0.317 e. The minimum absolute atomic E-state index is 0.0264. The van der Waals surface area contributed by atoms with E-state index in [1.54, 1.807) is 20.9 Å². The topological polar surface area (TPSA) is 93.4 Å². The first-order valence-electron chi connectivity index (χ1n) is 5.47. The summed E-state index contributed by atoms with van der Waals surface area (Å²) in [5.74, 6) is -1.21. The molecule has 0 aromatic heterocycles. The van der Waals surface area contributed by atoms with Crippen LogP contribution >= 0.6 is 0 Å². The first-order chi connectivity index (χ1) is 7.86. The highest BCUT2D eigenvalue weighted by molar-refractivity contribution is 5.74. The molecule has 2 N–H and O–H groups in total. The van der Waals surface area contributed by atoms with E-state index in [0.29, 0.717) is 13.1 Å². The summed E-state index contributed by atoms with van der Waals surface area (Å²) in [6.07, 6.45) is 0.0264. The minimum Gasteiger partial charge on any atom is -0.481 e. The number of nitrogens with zero attached hydrogens (tertiary/aromatic N) is 2. The lowest BCUT2D eigenvalue weighted by Crippen LogP contribution is -2.41. The molecule has 2 amide bonds. The quantitative estimate of drug-likeness (QED) is 0.722. The highest BCUT2D eigenvalue weighted by atomic mass is 16.4. The summed E-state index contributed by atoms with van der Waals surface area (Å²) >= 11 is 0. The Balaban J connectivity index is 3.93. The van der Waals surface area contributed by atoms with E-state index in [1.165, 1.54) is 4.90 Å². The van der Waals surface area contributed by atoms with Gasteiger partial charge in [-0.25, -0.2) is 4.79 Å². The Kier molecular flexibility index (Phi) is 6.71. The van der Waals surface area contributed by atoms with Gasteiger partial charge in [-0.3, -0.25) is 4.79 Å². The first kappa shape index (κ1) is 15.2. The van der Waals surface area contributed by atoms with Gasteiger partial charge in [0.15, 0.2) is 0 Å². The number of hydrogen-bond donors (Lipinski definition) is 2. The van der Waals surface area contributed by atoms with E-state index in [9.17, 15) is 9.59 Å². The maximum absolute atomic E-state index is 11.5. The summed E-state index contributed by atoms with van der Waals surface area (Å²) in [6, 6.07) is 1.75. The Hall–Kier alpha value is -1.77. The minimum atomic E-state index is -0.877. The van der Waals surface area contributed by atoms with Crippen LogP contribution in [0.25, 0.3) is 0 Å². The third kappa shape index (κ3) is 7.17.